The van der Waals surface area contributed by atoms with Gasteiger partial charge in [-0.2, -0.15) is 0 Å². The number of amides is 1. The number of ether oxygens (including phenoxy) is 1. The molecular weight excluding hydrogens is 306 g/mol. The predicted molar refractivity (Wildman–Crippen MR) is 84.1 cm³/mol. The van der Waals surface area contributed by atoms with Crippen LogP contribution in [0.15, 0.2) is 22.6 Å². The van der Waals surface area contributed by atoms with Crippen LogP contribution in [-0.2, 0) is 9.53 Å². The SMILES string of the molecule is Cc1c(C(=O)NCCC(=O)OC(C)C)oc2c(Cl)cccc12. The molecule has 1 heterocycles. The molecule has 0 saturated heterocycles. The van der Waals surface area contributed by atoms with Crippen molar-refractivity contribution in [3.8, 4) is 0 Å². The number of carbonyl (C=O) groups excluding carboxylic acids is 2. The molecule has 0 unspecified atom stereocenters. The topological polar surface area (TPSA) is 68.5 Å². The minimum Gasteiger partial charge on any atom is -0.463 e. The molecule has 1 aromatic carbocycles. The second kappa shape index (κ2) is 6.83. The van der Waals surface area contributed by atoms with Crippen LogP contribution in [0.5, 0.6) is 0 Å². The van der Waals surface area contributed by atoms with Gasteiger partial charge in [0.05, 0.1) is 17.5 Å². The van der Waals surface area contributed by atoms with E-state index in [4.69, 9.17) is 20.8 Å². The number of furan rings is 1. The fourth-order valence-corrected chi connectivity index (χ4v) is 2.32. The van der Waals surface area contributed by atoms with Gasteiger partial charge >= 0.3 is 5.97 Å². The van der Waals surface area contributed by atoms with Crippen LogP contribution in [0.3, 0.4) is 0 Å². The van der Waals surface area contributed by atoms with Gasteiger partial charge in [-0.3, -0.25) is 9.59 Å². The van der Waals surface area contributed by atoms with E-state index in [0.29, 0.717) is 10.6 Å². The number of carbonyl (C=O) groups is 2. The number of halogens is 1. The summed E-state index contributed by atoms with van der Waals surface area (Å²) < 4.78 is 10.5. The van der Waals surface area contributed by atoms with Crippen LogP contribution in [0.1, 0.15) is 36.4 Å². The Morgan fingerprint density at radius 3 is 2.73 bits per heavy atom. The zero-order chi connectivity index (χ0) is 16.3. The number of para-hydroxylation sites is 1. The number of fused-ring (bicyclic) bond motifs is 1. The van der Waals surface area contributed by atoms with E-state index in [-0.39, 0.29) is 36.7 Å². The van der Waals surface area contributed by atoms with E-state index >= 15 is 0 Å². The highest BCUT2D eigenvalue weighted by atomic mass is 35.5. The molecule has 0 spiro atoms. The van der Waals surface area contributed by atoms with Crippen molar-refractivity contribution in [1.82, 2.24) is 5.32 Å². The first kappa shape index (κ1) is 16.4. The van der Waals surface area contributed by atoms with E-state index in [1.54, 1.807) is 32.9 Å². The number of esters is 1. The molecule has 1 aromatic heterocycles. The fourth-order valence-electron chi connectivity index (χ4n) is 2.11. The summed E-state index contributed by atoms with van der Waals surface area (Å²) in [7, 11) is 0. The summed E-state index contributed by atoms with van der Waals surface area (Å²) in [6, 6.07) is 5.35. The van der Waals surface area contributed by atoms with Crippen molar-refractivity contribution in [3.63, 3.8) is 0 Å². The van der Waals surface area contributed by atoms with Crippen LogP contribution >= 0.6 is 11.6 Å². The standard InChI is InChI=1S/C16H18ClNO4/c1-9(2)21-13(19)7-8-18-16(20)14-10(3)11-5-4-6-12(17)15(11)22-14/h4-6,9H,7-8H2,1-3H3,(H,18,20). The summed E-state index contributed by atoms with van der Waals surface area (Å²) in [5.41, 5.74) is 1.21. The normalized spacial score (nSPS) is 11.0. The minimum atomic E-state index is -0.373. The molecule has 22 heavy (non-hydrogen) atoms. The largest absolute Gasteiger partial charge is 0.463 e. The molecule has 0 fully saturated rings. The monoisotopic (exact) mass is 323 g/mol. The van der Waals surface area contributed by atoms with Gasteiger partial charge in [-0.25, -0.2) is 0 Å². The van der Waals surface area contributed by atoms with E-state index in [9.17, 15) is 9.59 Å². The van der Waals surface area contributed by atoms with Crippen molar-refractivity contribution in [2.24, 2.45) is 0 Å². The van der Waals surface area contributed by atoms with Gasteiger partial charge < -0.3 is 14.5 Å². The van der Waals surface area contributed by atoms with E-state index in [1.807, 2.05) is 6.07 Å². The Morgan fingerprint density at radius 2 is 2.09 bits per heavy atom. The lowest BCUT2D eigenvalue weighted by Gasteiger charge is -2.08. The maximum Gasteiger partial charge on any atom is 0.307 e. The first-order chi connectivity index (χ1) is 10.4. The van der Waals surface area contributed by atoms with Gasteiger partial charge in [0.2, 0.25) is 0 Å². The van der Waals surface area contributed by atoms with Crippen LogP contribution in [0.2, 0.25) is 5.02 Å². The van der Waals surface area contributed by atoms with Gasteiger partial charge in [-0.1, -0.05) is 23.7 Å². The second-order valence-electron chi connectivity index (χ2n) is 5.22. The maximum atomic E-state index is 12.2. The van der Waals surface area contributed by atoms with Crippen LogP contribution in [0, 0.1) is 6.92 Å². The summed E-state index contributed by atoms with van der Waals surface area (Å²) >= 11 is 6.05. The summed E-state index contributed by atoms with van der Waals surface area (Å²) in [6.45, 7) is 5.54. The van der Waals surface area contributed by atoms with Gasteiger partial charge in [-0.15, -0.1) is 0 Å². The molecule has 5 nitrogen and oxygen atoms in total. The predicted octanol–water partition coefficient (Wildman–Crippen LogP) is 3.47. The quantitative estimate of drug-likeness (QED) is 0.855. The number of rotatable bonds is 5. The summed E-state index contributed by atoms with van der Waals surface area (Å²) in [4.78, 5) is 23.6. The molecule has 0 radical (unpaired) electrons. The highest BCUT2D eigenvalue weighted by Gasteiger charge is 2.19. The van der Waals surface area contributed by atoms with E-state index in [0.717, 1.165) is 10.9 Å². The second-order valence-corrected chi connectivity index (χ2v) is 5.62. The highest BCUT2D eigenvalue weighted by molar-refractivity contribution is 6.35. The average Bonchev–Trinajstić information content (AvgIpc) is 2.77. The molecule has 2 rings (SSSR count). The number of benzene rings is 1. The number of aryl methyl sites for hydroxylation is 1. The summed E-state index contributed by atoms with van der Waals surface area (Å²) in [5, 5.41) is 3.91. The first-order valence-electron chi connectivity index (χ1n) is 7.05. The molecule has 0 aliphatic rings. The third-order valence-corrected chi connectivity index (χ3v) is 3.40. The third-order valence-electron chi connectivity index (χ3n) is 3.10. The minimum absolute atomic E-state index is 0.115. The maximum absolute atomic E-state index is 12.2. The van der Waals surface area contributed by atoms with Crippen LogP contribution in [0.4, 0.5) is 0 Å². The smallest absolute Gasteiger partial charge is 0.307 e. The molecule has 2 aromatic rings. The van der Waals surface area contributed by atoms with Crippen molar-refractivity contribution in [2.45, 2.75) is 33.3 Å². The molecule has 0 atom stereocenters. The van der Waals surface area contributed by atoms with E-state index < -0.39 is 0 Å². The Balaban J connectivity index is 2.03. The van der Waals surface area contributed by atoms with Crippen molar-refractivity contribution in [1.29, 1.82) is 0 Å². The van der Waals surface area contributed by atoms with Crippen LogP contribution < -0.4 is 5.32 Å². The number of nitrogens with one attached hydrogen (secondary N) is 1. The van der Waals surface area contributed by atoms with Crippen molar-refractivity contribution < 1.29 is 18.7 Å². The Bertz CT molecular complexity index is 705. The van der Waals surface area contributed by atoms with Gasteiger partial charge in [0.1, 0.15) is 0 Å². The Hall–Kier alpha value is -2.01. The molecule has 6 heteroatoms. The molecule has 0 aliphatic heterocycles. The van der Waals surface area contributed by atoms with E-state index in [1.165, 1.54) is 0 Å². The lowest BCUT2D eigenvalue weighted by molar-refractivity contribution is -0.147. The molecule has 0 saturated carbocycles. The van der Waals surface area contributed by atoms with Gasteiger partial charge in [-0.05, 0) is 26.8 Å². The Kier molecular flexibility index (Phi) is 5.08. The molecular formula is C16H18ClNO4. The Morgan fingerprint density at radius 1 is 1.36 bits per heavy atom. The Labute approximate surface area is 133 Å². The van der Waals surface area contributed by atoms with Crippen LogP contribution in [0.25, 0.3) is 11.0 Å². The summed E-state index contributed by atoms with van der Waals surface area (Å²) in [6.07, 6.45) is -0.0489. The first-order valence-corrected chi connectivity index (χ1v) is 7.43. The average molecular weight is 324 g/mol. The summed E-state index contributed by atoms with van der Waals surface area (Å²) in [5.74, 6) is -0.512. The number of hydrogen-bond acceptors (Lipinski definition) is 4. The van der Waals surface area contributed by atoms with Crippen molar-refractivity contribution in [2.75, 3.05) is 6.54 Å². The third kappa shape index (κ3) is 3.60. The highest BCUT2D eigenvalue weighted by Crippen LogP contribution is 2.30. The lowest BCUT2D eigenvalue weighted by atomic mass is 10.1. The molecule has 0 bridgehead atoms. The zero-order valence-corrected chi connectivity index (χ0v) is 13.5. The van der Waals surface area contributed by atoms with Crippen LogP contribution in [-0.4, -0.2) is 24.5 Å². The molecule has 1 amide bonds. The van der Waals surface area contributed by atoms with Crippen molar-refractivity contribution >= 4 is 34.4 Å². The molecule has 1 N–H and O–H groups in total. The fraction of sp³-hybridized carbons (Fsp3) is 0.375. The van der Waals surface area contributed by atoms with Crippen molar-refractivity contribution in [3.05, 3.63) is 34.5 Å². The van der Waals surface area contributed by atoms with Gasteiger partial charge in [0, 0.05) is 17.5 Å². The zero-order valence-electron chi connectivity index (χ0n) is 12.7. The molecule has 118 valence electrons. The molecule has 0 aliphatic carbocycles. The van der Waals surface area contributed by atoms with Gasteiger partial charge in [0.15, 0.2) is 11.3 Å². The van der Waals surface area contributed by atoms with E-state index in [2.05, 4.69) is 5.32 Å². The number of hydrogen-bond donors (Lipinski definition) is 1. The van der Waals surface area contributed by atoms with Gasteiger partial charge in [0.25, 0.3) is 5.91 Å². The lowest BCUT2D eigenvalue weighted by Crippen LogP contribution is -2.27.